The zero-order valence-corrected chi connectivity index (χ0v) is 15.3. The van der Waals surface area contributed by atoms with E-state index < -0.39 is 11.7 Å². The average molecular weight is 395 g/mol. The van der Waals surface area contributed by atoms with Gasteiger partial charge in [-0.1, -0.05) is 30.3 Å². The van der Waals surface area contributed by atoms with Crippen molar-refractivity contribution in [1.82, 2.24) is 9.47 Å². The molecule has 29 heavy (non-hydrogen) atoms. The van der Waals surface area contributed by atoms with Gasteiger partial charge >= 0.3 is 6.18 Å². The number of halogens is 3. The number of nitriles is 1. The summed E-state index contributed by atoms with van der Waals surface area (Å²) in [6, 6.07) is 16.0. The van der Waals surface area contributed by atoms with Gasteiger partial charge in [-0.15, -0.1) is 0 Å². The Kier molecular flexibility index (Phi) is 4.63. The van der Waals surface area contributed by atoms with E-state index in [1.54, 1.807) is 4.90 Å². The Bertz CT molecular complexity index is 1120. The normalized spacial score (nSPS) is 13.7. The second kappa shape index (κ2) is 7.13. The fraction of sp³-hybridized carbons (Fsp3) is 0.182. The molecule has 0 atom stereocenters. The highest BCUT2D eigenvalue weighted by atomic mass is 19.4. The molecule has 4 nitrogen and oxygen atoms in total. The van der Waals surface area contributed by atoms with Crippen LogP contribution in [0.5, 0.6) is 0 Å². The van der Waals surface area contributed by atoms with Crippen molar-refractivity contribution in [2.75, 3.05) is 6.54 Å². The van der Waals surface area contributed by atoms with Crippen LogP contribution < -0.4 is 0 Å². The lowest BCUT2D eigenvalue weighted by Gasteiger charge is -2.29. The number of carbonyl (C=O) groups is 1. The summed E-state index contributed by atoms with van der Waals surface area (Å²) in [4.78, 5) is 14.9. The minimum atomic E-state index is -4.50. The molecule has 1 aliphatic rings. The minimum absolute atomic E-state index is 0.0752. The van der Waals surface area contributed by atoms with E-state index in [0.29, 0.717) is 19.5 Å². The molecule has 1 aromatic heterocycles. The van der Waals surface area contributed by atoms with Gasteiger partial charge < -0.3 is 9.47 Å². The maximum absolute atomic E-state index is 13.3. The predicted octanol–water partition coefficient (Wildman–Crippen LogP) is 4.57. The van der Waals surface area contributed by atoms with Crippen LogP contribution in [0, 0.1) is 11.3 Å². The van der Waals surface area contributed by atoms with E-state index in [1.807, 2.05) is 30.3 Å². The molecule has 4 rings (SSSR count). The molecular formula is C22H16F3N3O. The van der Waals surface area contributed by atoms with Gasteiger partial charge in [0.15, 0.2) is 0 Å². The summed E-state index contributed by atoms with van der Waals surface area (Å²) in [6.45, 7) is 0.877. The smallest absolute Gasteiger partial charge is 0.333 e. The number of hydrogen-bond donors (Lipinski definition) is 0. The molecule has 7 heteroatoms. The van der Waals surface area contributed by atoms with Crippen molar-refractivity contribution < 1.29 is 18.0 Å². The Labute approximate surface area is 165 Å². The van der Waals surface area contributed by atoms with E-state index in [-0.39, 0.29) is 22.9 Å². The Morgan fingerprint density at radius 3 is 2.52 bits per heavy atom. The van der Waals surface area contributed by atoms with Gasteiger partial charge in [-0.05, 0) is 41.8 Å². The standard InChI is InChI=1S/C22H16F3N3O/c23-22(24,25)18-6-3-7-19(12-18)28-11-9-16(13-26)20(28)21(29)27-10-8-15-4-1-2-5-17(15)14-27/h1-7,9,11-12H,8,10,14H2. The molecule has 3 aromatic rings. The van der Waals surface area contributed by atoms with Crippen LogP contribution in [-0.4, -0.2) is 21.9 Å². The first-order valence-electron chi connectivity index (χ1n) is 9.03. The molecule has 0 radical (unpaired) electrons. The van der Waals surface area contributed by atoms with Crippen molar-refractivity contribution in [3.8, 4) is 11.8 Å². The van der Waals surface area contributed by atoms with Crippen LogP contribution in [0.3, 0.4) is 0 Å². The summed E-state index contributed by atoms with van der Waals surface area (Å²) in [7, 11) is 0. The maximum Gasteiger partial charge on any atom is 0.416 e. The summed E-state index contributed by atoms with van der Waals surface area (Å²) in [5.41, 5.74) is 1.78. The number of benzene rings is 2. The molecule has 0 aliphatic carbocycles. The molecule has 0 saturated carbocycles. The molecule has 2 heterocycles. The lowest BCUT2D eigenvalue weighted by Crippen LogP contribution is -2.37. The summed E-state index contributed by atoms with van der Waals surface area (Å²) in [5.74, 6) is -0.376. The van der Waals surface area contributed by atoms with E-state index in [2.05, 4.69) is 0 Å². The number of aromatic nitrogens is 1. The number of amides is 1. The van der Waals surface area contributed by atoms with E-state index in [9.17, 15) is 23.2 Å². The van der Waals surface area contributed by atoms with E-state index in [1.165, 1.54) is 34.5 Å². The molecule has 0 bridgehead atoms. The molecule has 1 aliphatic heterocycles. The van der Waals surface area contributed by atoms with Crippen LogP contribution in [0.1, 0.15) is 32.7 Å². The fourth-order valence-corrected chi connectivity index (χ4v) is 3.61. The summed E-state index contributed by atoms with van der Waals surface area (Å²) >= 11 is 0. The quantitative estimate of drug-likeness (QED) is 0.638. The summed E-state index contributed by atoms with van der Waals surface area (Å²) in [5, 5.41) is 9.45. The first kappa shape index (κ1) is 18.8. The van der Waals surface area contributed by atoms with Gasteiger partial charge in [-0.3, -0.25) is 4.79 Å². The van der Waals surface area contributed by atoms with Gasteiger partial charge in [-0.2, -0.15) is 18.4 Å². The monoisotopic (exact) mass is 395 g/mol. The van der Waals surface area contributed by atoms with Crippen molar-refractivity contribution in [2.24, 2.45) is 0 Å². The van der Waals surface area contributed by atoms with Gasteiger partial charge in [-0.25, -0.2) is 0 Å². The highest BCUT2D eigenvalue weighted by Crippen LogP contribution is 2.31. The third-order valence-corrected chi connectivity index (χ3v) is 5.08. The molecular weight excluding hydrogens is 379 g/mol. The molecule has 0 N–H and O–H groups in total. The van der Waals surface area contributed by atoms with Gasteiger partial charge in [0.25, 0.3) is 5.91 Å². The highest BCUT2D eigenvalue weighted by Gasteiger charge is 2.31. The van der Waals surface area contributed by atoms with Gasteiger partial charge in [0, 0.05) is 25.0 Å². The SMILES string of the molecule is N#Cc1ccn(-c2cccc(C(F)(F)F)c2)c1C(=O)N1CCc2ccccc2C1. The molecule has 1 amide bonds. The highest BCUT2D eigenvalue weighted by molar-refractivity contribution is 5.96. The summed E-state index contributed by atoms with van der Waals surface area (Å²) < 4.78 is 40.7. The van der Waals surface area contributed by atoms with Crippen molar-refractivity contribution in [1.29, 1.82) is 5.26 Å². The Morgan fingerprint density at radius 1 is 1.03 bits per heavy atom. The van der Waals surface area contributed by atoms with Gasteiger partial charge in [0.1, 0.15) is 11.8 Å². The van der Waals surface area contributed by atoms with Crippen molar-refractivity contribution >= 4 is 5.91 Å². The van der Waals surface area contributed by atoms with Crippen LogP contribution >= 0.6 is 0 Å². The lowest BCUT2D eigenvalue weighted by atomic mass is 9.99. The minimum Gasteiger partial charge on any atom is -0.333 e. The third-order valence-electron chi connectivity index (χ3n) is 5.08. The average Bonchev–Trinajstić information content (AvgIpc) is 3.16. The van der Waals surface area contributed by atoms with Crippen LogP contribution in [0.4, 0.5) is 13.2 Å². The maximum atomic E-state index is 13.3. The van der Waals surface area contributed by atoms with E-state index in [4.69, 9.17) is 0 Å². The Balaban J connectivity index is 1.73. The van der Waals surface area contributed by atoms with E-state index >= 15 is 0 Å². The Hall–Kier alpha value is -3.53. The molecule has 0 fully saturated rings. The molecule has 0 saturated heterocycles. The zero-order valence-electron chi connectivity index (χ0n) is 15.3. The summed E-state index contributed by atoms with van der Waals surface area (Å²) in [6.07, 6.45) is -2.35. The first-order chi connectivity index (χ1) is 13.9. The molecule has 146 valence electrons. The van der Waals surface area contributed by atoms with Crippen molar-refractivity contribution in [2.45, 2.75) is 19.1 Å². The van der Waals surface area contributed by atoms with Crippen LogP contribution in [0.15, 0.2) is 60.8 Å². The largest absolute Gasteiger partial charge is 0.416 e. The second-order valence-electron chi connectivity index (χ2n) is 6.85. The van der Waals surface area contributed by atoms with Gasteiger partial charge in [0.05, 0.1) is 11.1 Å². The van der Waals surface area contributed by atoms with Crippen LogP contribution in [0.25, 0.3) is 5.69 Å². The number of alkyl halides is 3. The number of nitrogens with zero attached hydrogens (tertiary/aromatic N) is 3. The molecule has 0 unspecified atom stereocenters. The molecule has 2 aromatic carbocycles. The first-order valence-corrected chi connectivity index (χ1v) is 9.03. The zero-order chi connectivity index (χ0) is 20.6. The number of carbonyl (C=O) groups excluding carboxylic acids is 1. The predicted molar refractivity (Wildman–Crippen MR) is 100 cm³/mol. The van der Waals surface area contributed by atoms with Crippen LogP contribution in [-0.2, 0) is 19.1 Å². The number of hydrogen-bond acceptors (Lipinski definition) is 2. The number of fused-ring (bicyclic) bond motifs is 1. The molecule has 0 spiro atoms. The fourth-order valence-electron chi connectivity index (χ4n) is 3.61. The lowest BCUT2D eigenvalue weighted by molar-refractivity contribution is -0.137. The Morgan fingerprint density at radius 2 is 1.79 bits per heavy atom. The third kappa shape index (κ3) is 3.49. The second-order valence-corrected chi connectivity index (χ2v) is 6.85. The van der Waals surface area contributed by atoms with Crippen LogP contribution in [0.2, 0.25) is 0 Å². The van der Waals surface area contributed by atoms with Gasteiger partial charge in [0.2, 0.25) is 0 Å². The van der Waals surface area contributed by atoms with Crippen molar-refractivity contribution in [3.63, 3.8) is 0 Å². The van der Waals surface area contributed by atoms with E-state index in [0.717, 1.165) is 17.7 Å². The topological polar surface area (TPSA) is 49.0 Å². The number of rotatable bonds is 2. The van der Waals surface area contributed by atoms with Crippen molar-refractivity contribution in [3.05, 3.63) is 88.7 Å².